The lowest BCUT2D eigenvalue weighted by Gasteiger charge is -2.32. The Hall–Kier alpha value is -4.39. The number of carbonyl (C=O) groups excluding carboxylic acids is 2. The molecule has 0 saturated carbocycles. The van der Waals surface area contributed by atoms with Crippen LogP contribution >= 0.6 is 0 Å². The maximum atomic E-state index is 13.5. The van der Waals surface area contributed by atoms with Crippen molar-refractivity contribution in [1.82, 2.24) is 19.8 Å². The van der Waals surface area contributed by atoms with Gasteiger partial charge in [0, 0.05) is 37.9 Å². The number of para-hydroxylation sites is 1. The van der Waals surface area contributed by atoms with Gasteiger partial charge in [-0.3, -0.25) is 9.59 Å². The molecule has 4 rings (SSSR count). The number of ether oxygens (including phenoxy) is 1. The summed E-state index contributed by atoms with van der Waals surface area (Å²) in [5, 5.41) is 5.47. The minimum atomic E-state index is -4.64. The van der Waals surface area contributed by atoms with Crippen molar-refractivity contribution in [1.29, 1.82) is 0 Å². The molecule has 10 nitrogen and oxygen atoms in total. The molecule has 1 aliphatic heterocycles. The monoisotopic (exact) mass is 529 g/mol. The molecular formula is C25H26F3N7O3. The number of hydrogen-bond donors (Lipinski definition) is 3. The van der Waals surface area contributed by atoms with E-state index in [4.69, 9.17) is 10.5 Å². The minimum Gasteiger partial charge on any atom is -0.495 e. The van der Waals surface area contributed by atoms with Crippen LogP contribution in [0, 0.1) is 0 Å². The molecule has 2 amide bonds. The lowest BCUT2D eigenvalue weighted by atomic mass is 10.1. The van der Waals surface area contributed by atoms with Crippen molar-refractivity contribution >= 4 is 35.0 Å². The molecule has 4 N–H and O–H groups in total. The Labute approximate surface area is 216 Å². The first-order chi connectivity index (χ1) is 18.1. The van der Waals surface area contributed by atoms with E-state index >= 15 is 0 Å². The third-order valence-electron chi connectivity index (χ3n) is 6.03. The van der Waals surface area contributed by atoms with Gasteiger partial charge in [0.05, 0.1) is 24.0 Å². The molecule has 1 aliphatic rings. The Morgan fingerprint density at radius 2 is 1.74 bits per heavy atom. The van der Waals surface area contributed by atoms with Crippen LogP contribution in [0.3, 0.4) is 0 Å². The third-order valence-corrected chi connectivity index (χ3v) is 6.03. The number of rotatable bonds is 7. The number of nitrogens with zero attached hydrogens (tertiary/aromatic N) is 4. The zero-order valence-corrected chi connectivity index (χ0v) is 20.7. The van der Waals surface area contributed by atoms with Crippen LogP contribution in [0.2, 0.25) is 0 Å². The predicted molar refractivity (Wildman–Crippen MR) is 135 cm³/mol. The van der Waals surface area contributed by atoms with Gasteiger partial charge in [0.15, 0.2) is 0 Å². The van der Waals surface area contributed by atoms with Crippen molar-refractivity contribution in [2.24, 2.45) is 5.73 Å². The largest absolute Gasteiger partial charge is 0.495 e. The zero-order chi connectivity index (χ0) is 27.4. The Morgan fingerprint density at radius 3 is 2.39 bits per heavy atom. The van der Waals surface area contributed by atoms with Gasteiger partial charge in [0.1, 0.15) is 17.1 Å². The van der Waals surface area contributed by atoms with Crippen LogP contribution in [0.25, 0.3) is 0 Å². The zero-order valence-electron chi connectivity index (χ0n) is 20.7. The summed E-state index contributed by atoms with van der Waals surface area (Å²) in [4.78, 5) is 37.0. The van der Waals surface area contributed by atoms with Gasteiger partial charge in [-0.2, -0.15) is 18.2 Å². The Kier molecular flexibility index (Phi) is 7.67. The van der Waals surface area contributed by atoms with Gasteiger partial charge in [-0.25, -0.2) is 4.98 Å². The number of aromatic nitrogens is 2. The topological polar surface area (TPSA) is 126 Å². The highest BCUT2D eigenvalue weighted by atomic mass is 19.4. The van der Waals surface area contributed by atoms with Crippen LogP contribution in [-0.4, -0.2) is 71.9 Å². The van der Waals surface area contributed by atoms with Crippen molar-refractivity contribution in [3.8, 4) is 5.75 Å². The predicted octanol–water partition coefficient (Wildman–Crippen LogP) is 3.48. The minimum absolute atomic E-state index is 0.0431. The first kappa shape index (κ1) is 26.7. The van der Waals surface area contributed by atoms with Crippen molar-refractivity contribution in [2.45, 2.75) is 6.18 Å². The molecule has 0 unspecified atom stereocenters. The summed E-state index contributed by atoms with van der Waals surface area (Å²) in [6.07, 6.45) is -3.53. The molecule has 0 spiro atoms. The highest BCUT2D eigenvalue weighted by molar-refractivity contribution is 5.98. The summed E-state index contributed by atoms with van der Waals surface area (Å²) in [6.45, 7) is 2.80. The van der Waals surface area contributed by atoms with Gasteiger partial charge >= 0.3 is 6.18 Å². The van der Waals surface area contributed by atoms with Gasteiger partial charge < -0.3 is 30.9 Å². The normalized spacial score (nSPS) is 14.2. The molecule has 2 heterocycles. The van der Waals surface area contributed by atoms with Crippen LogP contribution in [-0.2, 0) is 6.18 Å². The fourth-order valence-corrected chi connectivity index (χ4v) is 3.92. The molecule has 38 heavy (non-hydrogen) atoms. The summed E-state index contributed by atoms with van der Waals surface area (Å²) in [6, 6.07) is 9.60. The van der Waals surface area contributed by atoms with Gasteiger partial charge in [-0.15, -0.1) is 0 Å². The number of nitrogens with one attached hydrogen (secondary N) is 2. The van der Waals surface area contributed by atoms with Crippen molar-refractivity contribution in [2.75, 3.05) is 51.0 Å². The van der Waals surface area contributed by atoms with Gasteiger partial charge in [0.2, 0.25) is 5.95 Å². The average molecular weight is 530 g/mol. The quantitative estimate of drug-likeness (QED) is 0.425. The molecule has 200 valence electrons. The molecule has 1 aromatic heterocycles. The molecule has 1 fully saturated rings. The van der Waals surface area contributed by atoms with Crippen molar-refractivity contribution in [3.05, 3.63) is 65.4 Å². The van der Waals surface area contributed by atoms with E-state index in [2.05, 4.69) is 25.5 Å². The van der Waals surface area contributed by atoms with E-state index in [1.165, 1.54) is 25.3 Å². The maximum Gasteiger partial charge on any atom is 0.418 e. The Morgan fingerprint density at radius 1 is 1.03 bits per heavy atom. The van der Waals surface area contributed by atoms with Gasteiger partial charge in [0.25, 0.3) is 11.8 Å². The number of amides is 2. The smallest absolute Gasteiger partial charge is 0.418 e. The van der Waals surface area contributed by atoms with E-state index in [1.54, 1.807) is 23.1 Å². The summed E-state index contributed by atoms with van der Waals surface area (Å²) < 4.78 is 45.8. The number of primary amides is 1. The lowest BCUT2D eigenvalue weighted by molar-refractivity contribution is -0.136. The Balaban J connectivity index is 1.60. The first-order valence-corrected chi connectivity index (χ1v) is 11.6. The molecule has 0 radical (unpaired) electrons. The van der Waals surface area contributed by atoms with Crippen molar-refractivity contribution < 1.29 is 27.5 Å². The molecule has 13 heteroatoms. The molecule has 2 aromatic carbocycles. The van der Waals surface area contributed by atoms with Crippen molar-refractivity contribution in [3.63, 3.8) is 0 Å². The third kappa shape index (κ3) is 5.94. The summed E-state index contributed by atoms with van der Waals surface area (Å²) in [5.74, 6) is -0.983. The van der Waals surface area contributed by atoms with E-state index in [0.29, 0.717) is 30.1 Å². The fourth-order valence-electron chi connectivity index (χ4n) is 3.92. The molecule has 0 atom stereocenters. The number of halogens is 3. The van der Waals surface area contributed by atoms with Gasteiger partial charge in [-0.05, 0) is 37.4 Å². The molecule has 0 bridgehead atoms. The second kappa shape index (κ2) is 10.9. The summed E-state index contributed by atoms with van der Waals surface area (Å²) >= 11 is 0. The van der Waals surface area contributed by atoms with Crippen LogP contribution < -0.4 is 21.1 Å². The molecule has 1 saturated heterocycles. The van der Waals surface area contributed by atoms with Crippen LogP contribution in [0.4, 0.5) is 36.3 Å². The second-order valence-electron chi connectivity index (χ2n) is 8.62. The Bertz CT molecular complexity index is 1340. The molecular weight excluding hydrogens is 503 g/mol. The number of carbonyl (C=O) groups is 2. The second-order valence-corrected chi connectivity index (χ2v) is 8.62. The van der Waals surface area contributed by atoms with Crippen LogP contribution in [0.1, 0.15) is 26.3 Å². The summed E-state index contributed by atoms with van der Waals surface area (Å²) in [7, 11) is 3.43. The van der Waals surface area contributed by atoms with Crippen LogP contribution in [0.15, 0.2) is 48.7 Å². The number of methoxy groups -OCH3 is 1. The van der Waals surface area contributed by atoms with E-state index < -0.39 is 17.6 Å². The first-order valence-electron chi connectivity index (χ1n) is 11.6. The number of piperazine rings is 1. The number of nitrogens with two attached hydrogens (primary N) is 1. The number of hydrogen-bond acceptors (Lipinski definition) is 8. The molecule has 3 aromatic rings. The van der Waals surface area contributed by atoms with E-state index in [9.17, 15) is 22.8 Å². The van der Waals surface area contributed by atoms with Gasteiger partial charge in [-0.1, -0.05) is 12.1 Å². The van der Waals surface area contributed by atoms with E-state index in [1.807, 2.05) is 7.05 Å². The van der Waals surface area contributed by atoms with E-state index in [-0.39, 0.29) is 28.9 Å². The number of alkyl halides is 3. The standard InChI is InChI=1S/C25H26F3N7O3/c1-34-9-11-35(12-10-34)23(37)15-7-8-19(20(13-15)38-2)32-24-30-14-16(21(29)36)22(33-24)31-18-6-4-3-5-17(18)25(26,27)28/h3-8,13-14H,9-12H2,1-2H3,(H2,29,36)(H2,30,31,32,33). The maximum absolute atomic E-state index is 13.5. The lowest BCUT2D eigenvalue weighted by Crippen LogP contribution is -2.47. The van der Waals surface area contributed by atoms with E-state index in [0.717, 1.165) is 25.4 Å². The highest BCUT2D eigenvalue weighted by Gasteiger charge is 2.33. The number of likely N-dealkylation sites (N-methyl/N-ethyl adjacent to an activating group) is 1. The van der Waals surface area contributed by atoms with Crippen LogP contribution in [0.5, 0.6) is 5.75 Å². The number of benzene rings is 2. The highest BCUT2D eigenvalue weighted by Crippen LogP contribution is 2.36. The SMILES string of the molecule is COc1cc(C(=O)N2CCN(C)CC2)ccc1Nc1ncc(C(N)=O)c(Nc2ccccc2C(F)(F)F)n1. The average Bonchev–Trinajstić information content (AvgIpc) is 2.88. The number of anilines is 4. The summed E-state index contributed by atoms with van der Waals surface area (Å²) in [5.41, 5.74) is 4.78. The fraction of sp³-hybridized carbons (Fsp3) is 0.280. The molecule has 0 aliphatic carbocycles.